The van der Waals surface area contributed by atoms with Crippen molar-refractivity contribution in [2.75, 3.05) is 5.32 Å². The summed E-state index contributed by atoms with van der Waals surface area (Å²) in [7, 11) is 0. The third kappa shape index (κ3) is 3.44. The monoisotopic (exact) mass is 408 g/mol. The summed E-state index contributed by atoms with van der Waals surface area (Å²) in [6.07, 6.45) is 1.37. The standard InChI is InChI=1S/C19H12N4O5S/c24-15-5-4-11(7-13(15)19(25)26)22-17-16-14(8-29-18(16)21-9-20-17)10-2-1-3-12(6-10)23(27)28/h1-9,24H,(H,25,26)(H,20,21,22). The molecule has 29 heavy (non-hydrogen) atoms. The average molecular weight is 408 g/mol. The zero-order valence-electron chi connectivity index (χ0n) is 14.6. The van der Waals surface area contributed by atoms with Crippen molar-refractivity contribution in [2.45, 2.75) is 0 Å². The number of thiophene rings is 1. The van der Waals surface area contributed by atoms with Gasteiger partial charge in [0.05, 0.1) is 10.3 Å². The number of benzene rings is 2. The average Bonchev–Trinajstić information content (AvgIpc) is 3.14. The Morgan fingerprint density at radius 3 is 2.76 bits per heavy atom. The number of nitro groups is 1. The van der Waals surface area contributed by atoms with Gasteiger partial charge in [0.1, 0.15) is 28.3 Å². The number of hydrogen-bond acceptors (Lipinski definition) is 8. The highest BCUT2D eigenvalue weighted by Crippen LogP contribution is 2.38. The molecule has 0 saturated carbocycles. The van der Waals surface area contributed by atoms with Crippen LogP contribution in [0.3, 0.4) is 0 Å². The van der Waals surface area contributed by atoms with Gasteiger partial charge in [-0.2, -0.15) is 0 Å². The fourth-order valence-corrected chi connectivity index (χ4v) is 3.81. The minimum atomic E-state index is -1.26. The summed E-state index contributed by atoms with van der Waals surface area (Å²) in [6, 6.07) is 10.3. The molecule has 0 atom stereocenters. The van der Waals surface area contributed by atoms with Crippen LogP contribution in [0.25, 0.3) is 21.3 Å². The fraction of sp³-hybridized carbons (Fsp3) is 0. The van der Waals surface area contributed by atoms with E-state index < -0.39 is 10.9 Å². The van der Waals surface area contributed by atoms with E-state index in [4.69, 9.17) is 0 Å². The molecule has 4 rings (SSSR count). The predicted octanol–water partition coefficient (Wildman–Crippen LogP) is 4.41. The van der Waals surface area contributed by atoms with Crippen LogP contribution in [0, 0.1) is 10.1 Å². The number of carboxylic acids is 1. The molecule has 10 heteroatoms. The molecule has 2 aromatic carbocycles. The van der Waals surface area contributed by atoms with Crippen LogP contribution in [0.15, 0.2) is 54.2 Å². The third-order valence-electron chi connectivity index (χ3n) is 4.23. The van der Waals surface area contributed by atoms with Crippen LogP contribution in [-0.4, -0.2) is 31.1 Å². The van der Waals surface area contributed by atoms with Crippen LogP contribution >= 0.6 is 11.3 Å². The number of anilines is 2. The van der Waals surface area contributed by atoms with Gasteiger partial charge in [0, 0.05) is 28.8 Å². The van der Waals surface area contributed by atoms with Crippen molar-refractivity contribution in [3.05, 3.63) is 69.8 Å². The van der Waals surface area contributed by atoms with E-state index in [2.05, 4.69) is 15.3 Å². The molecule has 0 unspecified atom stereocenters. The molecule has 3 N–H and O–H groups in total. The quantitative estimate of drug-likeness (QED) is 0.251. The van der Waals surface area contributed by atoms with Gasteiger partial charge in [0.25, 0.3) is 5.69 Å². The summed E-state index contributed by atoms with van der Waals surface area (Å²) in [6.45, 7) is 0. The minimum Gasteiger partial charge on any atom is -0.507 e. The molecule has 0 aliphatic carbocycles. The number of aromatic nitrogens is 2. The van der Waals surface area contributed by atoms with Crippen molar-refractivity contribution in [1.82, 2.24) is 9.97 Å². The van der Waals surface area contributed by atoms with E-state index in [-0.39, 0.29) is 17.0 Å². The van der Waals surface area contributed by atoms with E-state index in [1.54, 1.807) is 12.1 Å². The molecule has 0 spiro atoms. The van der Waals surface area contributed by atoms with Crippen molar-refractivity contribution in [1.29, 1.82) is 0 Å². The third-order valence-corrected chi connectivity index (χ3v) is 5.11. The number of nitro benzene ring substituents is 1. The number of hydrogen-bond donors (Lipinski definition) is 3. The van der Waals surface area contributed by atoms with Gasteiger partial charge in [-0.15, -0.1) is 11.3 Å². The maximum atomic E-state index is 11.3. The van der Waals surface area contributed by atoms with Gasteiger partial charge in [-0.25, -0.2) is 14.8 Å². The van der Waals surface area contributed by atoms with Crippen molar-refractivity contribution in [2.24, 2.45) is 0 Å². The van der Waals surface area contributed by atoms with Crippen LogP contribution in [0.1, 0.15) is 10.4 Å². The molecule has 9 nitrogen and oxygen atoms in total. The summed E-state index contributed by atoms with van der Waals surface area (Å²) >= 11 is 1.36. The maximum Gasteiger partial charge on any atom is 0.339 e. The first-order chi connectivity index (χ1) is 13.9. The second-order valence-corrected chi connectivity index (χ2v) is 6.88. The molecule has 0 amide bonds. The fourth-order valence-electron chi connectivity index (χ4n) is 2.89. The number of carboxylic acid groups (broad SMARTS) is 1. The number of rotatable bonds is 5. The molecule has 0 radical (unpaired) electrons. The lowest BCUT2D eigenvalue weighted by Gasteiger charge is -2.10. The van der Waals surface area contributed by atoms with Crippen LogP contribution in [0.5, 0.6) is 5.75 Å². The molecule has 0 fully saturated rings. The predicted molar refractivity (Wildman–Crippen MR) is 108 cm³/mol. The molecule has 0 bridgehead atoms. The second kappa shape index (κ2) is 7.17. The Labute approximate surface area is 167 Å². The summed E-state index contributed by atoms with van der Waals surface area (Å²) in [5.41, 5.74) is 1.49. The highest BCUT2D eigenvalue weighted by Gasteiger charge is 2.17. The van der Waals surface area contributed by atoms with Crippen molar-refractivity contribution < 1.29 is 19.9 Å². The summed E-state index contributed by atoms with van der Waals surface area (Å²) in [5.74, 6) is -1.18. The number of aromatic hydroxyl groups is 1. The topological polar surface area (TPSA) is 138 Å². The van der Waals surface area contributed by atoms with Gasteiger partial charge in [-0.1, -0.05) is 12.1 Å². The number of phenols is 1. The zero-order valence-corrected chi connectivity index (χ0v) is 15.4. The largest absolute Gasteiger partial charge is 0.507 e. The van der Waals surface area contributed by atoms with Gasteiger partial charge in [0.2, 0.25) is 0 Å². The van der Waals surface area contributed by atoms with Crippen molar-refractivity contribution >= 4 is 44.7 Å². The molecule has 2 aromatic heterocycles. The van der Waals surface area contributed by atoms with E-state index in [1.807, 2.05) is 5.38 Å². The normalized spacial score (nSPS) is 10.8. The Hall–Kier alpha value is -4.05. The number of nitrogens with zero attached hydrogens (tertiary/aromatic N) is 3. The smallest absolute Gasteiger partial charge is 0.339 e. The van der Waals surface area contributed by atoms with Gasteiger partial charge in [-0.3, -0.25) is 10.1 Å². The van der Waals surface area contributed by atoms with Crippen LogP contribution in [0.4, 0.5) is 17.2 Å². The number of carbonyl (C=O) groups is 1. The highest BCUT2D eigenvalue weighted by atomic mass is 32.1. The molecule has 4 aromatic rings. The number of aromatic carboxylic acids is 1. The molecular formula is C19H12N4O5S. The first kappa shape index (κ1) is 18.3. The lowest BCUT2D eigenvalue weighted by atomic mass is 10.1. The van der Waals surface area contributed by atoms with E-state index in [9.17, 15) is 25.1 Å². The van der Waals surface area contributed by atoms with E-state index in [0.29, 0.717) is 32.8 Å². The van der Waals surface area contributed by atoms with E-state index >= 15 is 0 Å². The lowest BCUT2D eigenvalue weighted by Crippen LogP contribution is -2.00. The maximum absolute atomic E-state index is 11.3. The number of non-ortho nitro benzene ring substituents is 1. The van der Waals surface area contributed by atoms with Gasteiger partial charge in [0.15, 0.2) is 0 Å². The SMILES string of the molecule is O=C(O)c1cc(Nc2ncnc3scc(-c4cccc([N+](=O)[O-])c4)c23)ccc1O. The van der Waals surface area contributed by atoms with Gasteiger partial charge in [-0.05, 0) is 23.8 Å². The minimum absolute atomic E-state index is 0.0298. The van der Waals surface area contributed by atoms with Crippen LogP contribution in [0.2, 0.25) is 0 Å². The van der Waals surface area contributed by atoms with E-state index in [0.717, 1.165) is 0 Å². The molecule has 144 valence electrons. The first-order valence-corrected chi connectivity index (χ1v) is 9.12. The number of nitrogens with one attached hydrogen (secondary N) is 1. The lowest BCUT2D eigenvalue weighted by molar-refractivity contribution is -0.384. The van der Waals surface area contributed by atoms with Gasteiger partial charge < -0.3 is 15.5 Å². The Bertz CT molecular complexity index is 1270. The van der Waals surface area contributed by atoms with Gasteiger partial charge >= 0.3 is 5.97 Å². The first-order valence-electron chi connectivity index (χ1n) is 8.24. The second-order valence-electron chi connectivity index (χ2n) is 6.02. The van der Waals surface area contributed by atoms with Crippen LogP contribution < -0.4 is 5.32 Å². The summed E-state index contributed by atoms with van der Waals surface area (Å²) < 4.78 is 0. The Morgan fingerprint density at radius 1 is 1.17 bits per heavy atom. The Morgan fingerprint density at radius 2 is 2.00 bits per heavy atom. The zero-order chi connectivity index (χ0) is 20.5. The van der Waals surface area contributed by atoms with E-state index in [1.165, 1.54) is 48.0 Å². The Balaban J connectivity index is 1.82. The molecule has 0 saturated heterocycles. The van der Waals surface area contributed by atoms with Crippen LogP contribution in [-0.2, 0) is 0 Å². The molecular weight excluding hydrogens is 396 g/mol. The molecule has 0 aliphatic heterocycles. The highest BCUT2D eigenvalue weighted by molar-refractivity contribution is 7.17. The molecule has 2 heterocycles. The van der Waals surface area contributed by atoms with Crippen molar-refractivity contribution in [3.8, 4) is 16.9 Å². The number of fused-ring (bicyclic) bond motifs is 1. The summed E-state index contributed by atoms with van der Waals surface area (Å²) in [4.78, 5) is 31.1. The Kier molecular flexibility index (Phi) is 4.53. The summed E-state index contributed by atoms with van der Waals surface area (Å²) in [5, 5.41) is 35.5. The molecule has 0 aliphatic rings. The van der Waals surface area contributed by atoms with Crippen molar-refractivity contribution in [3.63, 3.8) is 0 Å².